The van der Waals surface area contributed by atoms with Crippen LogP contribution in [0.5, 0.6) is 0 Å². The van der Waals surface area contributed by atoms with Gasteiger partial charge in [-0.2, -0.15) is 13.2 Å². The zero-order valence-corrected chi connectivity index (χ0v) is 18.5. The molecule has 3 heterocycles. The van der Waals surface area contributed by atoms with Crippen LogP contribution in [0.4, 0.5) is 24.8 Å². The highest BCUT2D eigenvalue weighted by atomic mass is 35.5. The number of hydrogen-bond acceptors (Lipinski definition) is 6. The van der Waals surface area contributed by atoms with E-state index in [0.29, 0.717) is 31.5 Å². The van der Waals surface area contributed by atoms with Crippen molar-refractivity contribution in [1.82, 2.24) is 15.0 Å². The Morgan fingerprint density at radius 1 is 1.00 bits per heavy atom. The van der Waals surface area contributed by atoms with Gasteiger partial charge in [0.05, 0.1) is 11.2 Å². The standard InChI is InChI=1S/C22H27ClF3N5O/c23-17-12-28-18(30-15-4-2-1-3-5-15)10-16(17)20-21(22(24,25)26)29-13-19(31-20)27-11-14-6-8-32-9-7-14/h10,12-15H,1-9,11H2,(H,27,31)(H,28,30). The molecule has 2 N–H and O–H groups in total. The van der Waals surface area contributed by atoms with E-state index in [0.717, 1.165) is 44.7 Å². The highest BCUT2D eigenvalue weighted by Gasteiger charge is 2.37. The molecule has 0 amide bonds. The number of alkyl halides is 3. The average molecular weight is 470 g/mol. The molecule has 10 heteroatoms. The van der Waals surface area contributed by atoms with Gasteiger partial charge in [-0.25, -0.2) is 15.0 Å². The number of ether oxygens (including phenoxy) is 1. The molecule has 2 aromatic rings. The molecule has 1 aliphatic carbocycles. The van der Waals surface area contributed by atoms with Crippen LogP contribution in [0.1, 0.15) is 50.6 Å². The van der Waals surface area contributed by atoms with Gasteiger partial charge in [0.1, 0.15) is 17.3 Å². The van der Waals surface area contributed by atoms with E-state index in [2.05, 4.69) is 25.6 Å². The summed E-state index contributed by atoms with van der Waals surface area (Å²) in [5.74, 6) is 1.16. The minimum absolute atomic E-state index is 0.0978. The predicted octanol–water partition coefficient (Wildman–Crippen LogP) is 5.79. The van der Waals surface area contributed by atoms with Crippen LogP contribution in [0.15, 0.2) is 18.5 Å². The number of halogens is 4. The highest BCUT2D eigenvalue weighted by Crippen LogP contribution is 2.38. The van der Waals surface area contributed by atoms with Crippen LogP contribution < -0.4 is 10.6 Å². The van der Waals surface area contributed by atoms with Crippen LogP contribution in [-0.2, 0) is 10.9 Å². The van der Waals surface area contributed by atoms with Crippen LogP contribution in [0.2, 0.25) is 5.02 Å². The van der Waals surface area contributed by atoms with Crippen molar-refractivity contribution in [2.45, 2.75) is 57.2 Å². The van der Waals surface area contributed by atoms with Gasteiger partial charge in [-0.05, 0) is 37.7 Å². The van der Waals surface area contributed by atoms with Crippen molar-refractivity contribution in [2.24, 2.45) is 5.92 Å². The fourth-order valence-electron chi connectivity index (χ4n) is 4.22. The molecule has 2 fully saturated rings. The third kappa shape index (κ3) is 5.81. The maximum Gasteiger partial charge on any atom is 0.435 e. The SMILES string of the molecule is FC(F)(F)c1ncc(NCC2CCOCC2)nc1-c1cc(NC2CCCCC2)ncc1Cl. The largest absolute Gasteiger partial charge is 0.435 e. The summed E-state index contributed by atoms with van der Waals surface area (Å²) in [7, 11) is 0. The van der Waals surface area contributed by atoms with Gasteiger partial charge in [0.25, 0.3) is 0 Å². The second-order valence-electron chi connectivity index (χ2n) is 8.42. The van der Waals surface area contributed by atoms with Gasteiger partial charge in [-0.15, -0.1) is 0 Å². The molecule has 0 radical (unpaired) electrons. The van der Waals surface area contributed by atoms with Gasteiger partial charge in [0.2, 0.25) is 0 Å². The zero-order chi connectivity index (χ0) is 22.6. The van der Waals surface area contributed by atoms with Crippen LogP contribution in [-0.4, -0.2) is 40.8 Å². The second-order valence-corrected chi connectivity index (χ2v) is 8.82. The van der Waals surface area contributed by atoms with E-state index in [1.807, 2.05) is 0 Å². The maximum absolute atomic E-state index is 13.7. The Morgan fingerprint density at radius 3 is 2.47 bits per heavy atom. The average Bonchev–Trinajstić information content (AvgIpc) is 2.79. The van der Waals surface area contributed by atoms with E-state index >= 15 is 0 Å². The molecule has 1 saturated carbocycles. The molecule has 0 spiro atoms. The monoisotopic (exact) mass is 469 g/mol. The van der Waals surface area contributed by atoms with E-state index in [9.17, 15) is 13.2 Å². The molecule has 2 aliphatic rings. The lowest BCUT2D eigenvalue weighted by Crippen LogP contribution is -2.23. The molecule has 1 aliphatic heterocycles. The maximum atomic E-state index is 13.7. The van der Waals surface area contributed by atoms with Gasteiger partial charge >= 0.3 is 6.18 Å². The zero-order valence-electron chi connectivity index (χ0n) is 17.7. The third-order valence-corrected chi connectivity index (χ3v) is 6.32. The lowest BCUT2D eigenvalue weighted by Gasteiger charge is -2.24. The first-order chi connectivity index (χ1) is 15.4. The lowest BCUT2D eigenvalue weighted by atomic mass is 9.95. The Morgan fingerprint density at radius 2 is 1.75 bits per heavy atom. The summed E-state index contributed by atoms with van der Waals surface area (Å²) in [6.07, 6.45) is 5.12. The molecule has 6 nitrogen and oxygen atoms in total. The number of nitrogens with zero attached hydrogens (tertiary/aromatic N) is 3. The van der Waals surface area contributed by atoms with Gasteiger partial charge < -0.3 is 15.4 Å². The van der Waals surface area contributed by atoms with Crippen LogP contribution in [0.25, 0.3) is 11.3 Å². The number of aromatic nitrogens is 3. The molecule has 0 unspecified atom stereocenters. The molecule has 0 bridgehead atoms. The number of rotatable bonds is 6. The van der Waals surface area contributed by atoms with Crippen molar-refractivity contribution in [3.05, 3.63) is 29.2 Å². The summed E-state index contributed by atoms with van der Waals surface area (Å²) in [6.45, 7) is 1.99. The Bertz CT molecular complexity index is 915. The molecule has 1 saturated heterocycles. The first-order valence-electron chi connectivity index (χ1n) is 11.1. The Balaban J connectivity index is 1.61. The van der Waals surface area contributed by atoms with Gasteiger partial charge in [0.15, 0.2) is 5.69 Å². The summed E-state index contributed by atoms with van der Waals surface area (Å²) in [4.78, 5) is 12.3. The van der Waals surface area contributed by atoms with Crippen LogP contribution in [0.3, 0.4) is 0 Å². The fourth-order valence-corrected chi connectivity index (χ4v) is 4.42. The van der Waals surface area contributed by atoms with Crippen molar-refractivity contribution < 1.29 is 17.9 Å². The van der Waals surface area contributed by atoms with E-state index < -0.39 is 11.9 Å². The first kappa shape index (κ1) is 23.0. The molecule has 32 heavy (non-hydrogen) atoms. The minimum Gasteiger partial charge on any atom is -0.381 e. The van der Waals surface area contributed by atoms with Crippen molar-refractivity contribution >= 4 is 23.2 Å². The number of nitrogens with one attached hydrogen (secondary N) is 2. The lowest BCUT2D eigenvalue weighted by molar-refractivity contribution is -0.140. The normalized spacial score (nSPS) is 18.5. The van der Waals surface area contributed by atoms with Gasteiger partial charge in [-0.1, -0.05) is 30.9 Å². The Labute approximate surface area is 190 Å². The third-order valence-electron chi connectivity index (χ3n) is 6.02. The Hall–Kier alpha value is -2.13. The van der Waals surface area contributed by atoms with E-state index in [1.54, 1.807) is 6.07 Å². The molecule has 0 aromatic carbocycles. The number of hydrogen-bond donors (Lipinski definition) is 2. The molecule has 2 aromatic heterocycles. The van der Waals surface area contributed by atoms with Gasteiger partial charge in [-0.3, -0.25) is 0 Å². The molecule has 4 rings (SSSR count). The smallest absolute Gasteiger partial charge is 0.381 e. The highest BCUT2D eigenvalue weighted by molar-refractivity contribution is 6.33. The first-order valence-corrected chi connectivity index (χ1v) is 11.5. The molecular weight excluding hydrogens is 443 g/mol. The van der Waals surface area contributed by atoms with E-state index in [4.69, 9.17) is 16.3 Å². The summed E-state index contributed by atoms with van der Waals surface area (Å²) in [5, 5.41) is 6.56. The molecule has 0 atom stereocenters. The van der Waals surface area contributed by atoms with Crippen molar-refractivity contribution in [1.29, 1.82) is 0 Å². The Kier molecular flexibility index (Phi) is 7.35. The quantitative estimate of drug-likeness (QED) is 0.557. The molecule has 174 valence electrons. The summed E-state index contributed by atoms with van der Waals surface area (Å²) in [6, 6.07) is 1.80. The van der Waals surface area contributed by atoms with E-state index in [1.165, 1.54) is 12.6 Å². The number of pyridine rings is 1. The van der Waals surface area contributed by atoms with E-state index in [-0.39, 0.29) is 28.1 Å². The fraction of sp³-hybridized carbons (Fsp3) is 0.591. The van der Waals surface area contributed by atoms with Crippen molar-refractivity contribution in [2.75, 3.05) is 30.4 Å². The number of anilines is 2. The van der Waals surface area contributed by atoms with Crippen LogP contribution >= 0.6 is 11.6 Å². The van der Waals surface area contributed by atoms with Gasteiger partial charge in [0, 0.05) is 37.6 Å². The van der Waals surface area contributed by atoms with Crippen molar-refractivity contribution in [3.8, 4) is 11.3 Å². The summed E-state index contributed by atoms with van der Waals surface area (Å²) >= 11 is 6.29. The molecular formula is C22H27ClF3N5O. The summed E-state index contributed by atoms with van der Waals surface area (Å²) in [5.41, 5.74) is -1.20. The second kappa shape index (κ2) is 10.2. The summed E-state index contributed by atoms with van der Waals surface area (Å²) < 4.78 is 46.6. The topological polar surface area (TPSA) is 72.0 Å². The van der Waals surface area contributed by atoms with Crippen LogP contribution in [0, 0.1) is 5.92 Å². The minimum atomic E-state index is -4.66. The predicted molar refractivity (Wildman–Crippen MR) is 118 cm³/mol. The van der Waals surface area contributed by atoms with Crippen molar-refractivity contribution in [3.63, 3.8) is 0 Å².